The Labute approximate surface area is 261 Å². The van der Waals surface area contributed by atoms with Crippen molar-refractivity contribution in [1.29, 1.82) is 0 Å². The van der Waals surface area contributed by atoms with E-state index in [1.807, 2.05) is 0 Å². The normalized spacial score (nSPS) is 19.5. The first-order chi connectivity index (χ1) is 20.7. The zero-order valence-electron chi connectivity index (χ0n) is 27.1. The third-order valence-electron chi connectivity index (χ3n) is 10.4. The van der Waals surface area contributed by atoms with Crippen molar-refractivity contribution in [3.05, 3.63) is 91.0 Å². The van der Waals surface area contributed by atoms with Crippen LogP contribution < -0.4 is 15.6 Å². The first-order valence-corrected chi connectivity index (χ1v) is 26.2. The summed E-state index contributed by atoms with van der Waals surface area (Å²) in [4.78, 5) is 0. The van der Waals surface area contributed by atoms with Crippen LogP contribution in [-0.2, 0) is 4.43 Å². The maximum absolute atomic E-state index is 7.69. The molecule has 4 rings (SSSR count). The summed E-state index contributed by atoms with van der Waals surface area (Å²) in [6, 6.07) is 41.6. The third kappa shape index (κ3) is 6.98. The molecule has 1 unspecified atom stereocenters. The van der Waals surface area contributed by atoms with Crippen LogP contribution in [0.1, 0.15) is 97.8 Å². The number of benzene rings is 3. The summed E-state index contributed by atoms with van der Waals surface area (Å²) in [7, 11) is -6.59. The molecule has 0 spiro atoms. The van der Waals surface area contributed by atoms with Crippen LogP contribution >= 0.6 is 0 Å². The van der Waals surface area contributed by atoms with Crippen LogP contribution in [0.5, 0.6) is 0 Å². The summed E-state index contributed by atoms with van der Waals surface area (Å²) in [5.41, 5.74) is 0. The maximum atomic E-state index is 7.69. The van der Waals surface area contributed by atoms with E-state index >= 15 is 0 Å². The lowest BCUT2D eigenvalue weighted by Crippen LogP contribution is -2.92. The topological polar surface area (TPSA) is 9.23 Å². The molecule has 228 valence electrons. The molecule has 0 radical (unpaired) electrons. The van der Waals surface area contributed by atoms with Gasteiger partial charge in [-0.2, -0.15) is 0 Å². The zero-order valence-corrected chi connectivity index (χ0v) is 30.1. The van der Waals surface area contributed by atoms with Gasteiger partial charge in [-0.25, -0.2) is 0 Å². The molecule has 1 heterocycles. The van der Waals surface area contributed by atoms with Gasteiger partial charge in [-0.3, -0.25) is 0 Å². The van der Waals surface area contributed by atoms with Gasteiger partial charge in [-0.05, 0) is 18.1 Å². The minimum absolute atomic E-state index is 0.973. The van der Waals surface area contributed by atoms with E-state index in [2.05, 4.69) is 112 Å². The van der Waals surface area contributed by atoms with Crippen molar-refractivity contribution in [3.8, 4) is 0 Å². The molecular formula is C38H58OSi3. The van der Waals surface area contributed by atoms with E-state index in [4.69, 9.17) is 4.43 Å². The van der Waals surface area contributed by atoms with Crippen LogP contribution in [0.15, 0.2) is 91.0 Å². The molecule has 1 atom stereocenters. The van der Waals surface area contributed by atoms with Crippen LogP contribution in [0.3, 0.4) is 0 Å². The molecule has 3 aromatic carbocycles. The second-order valence-corrected chi connectivity index (χ2v) is 34.5. The summed E-state index contributed by atoms with van der Waals surface area (Å²) >= 11 is 0. The van der Waals surface area contributed by atoms with Crippen molar-refractivity contribution in [1.82, 2.24) is 0 Å². The second kappa shape index (κ2) is 16.9. The molecule has 0 saturated carbocycles. The molecule has 42 heavy (non-hydrogen) atoms. The zero-order chi connectivity index (χ0) is 29.6. The monoisotopic (exact) mass is 614 g/mol. The van der Waals surface area contributed by atoms with Crippen molar-refractivity contribution in [2.24, 2.45) is 0 Å². The van der Waals surface area contributed by atoms with E-state index in [1.54, 1.807) is 15.6 Å². The number of hydrogen-bond acceptors (Lipinski definition) is 1. The molecule has 3 aromatic rings. The van der Waals surface area contributed by atoms with Gasteiger partial charge in [-0.1, -0.05) is 210 Å². The molecule has 0 amide bonds. The lowest BCUT2D eigenvalue weighted by molar-refractivity contribution is 0.324. The van der Waals surface area contributed by atoms with Crippen molar-refractivity contribution in [2.45, 2.75) is 122 Å². The van der Waals surface area contributed by atoms with E-state index in [0.717, 1.165) is 6.61 Å². The molecule has 1 fully saturated rings. The predicted molar refractivity (Wildman–Crippen MR) is 193 cm³/mol. The molecule has 0 bridgehead atoms. The summed E-state index contributed by atoms with van der Waals surface area (Å²) in [5, 5.41) is 5.15. The Bertz CT molecular complexity index is 1090. The van der Waals surface area contributed by atoms with Gasteiger partial charge in [0.05, 0.1) is 0 Å². The van der Waals surface area contributed by atoms with Crippen molar-refractivity contribution in [2.75, 3.05) is 6.61 Å². The van der Waals surface area contributed by atoms with Gasteiger partial charge in [0, 0.05) is 6.61 Å². The minimum atomic E-state index is -2.21. The Morgan fingerprint density at radius 1 is 0.476 bits per heavy atom. The first-order valence-electron chi connectivity index (χ1n) is 17.5. The van der Waals surface area contributed by atoms with Crippen molar-refractivity contribution >= 4 is 38.1 Å². The summed E-state index contributed by atoms with van der Waals surface area (Å²) in [6.07, 6.45) is 16.2. The Balaban J connectivity index is 2.04. The van der Waals surface area contributed by atoms with E-state index < -0.39 is 22.5 Å². The molecule has 1 saturated heterocycles. The van der Waals surface area contributed by atoms with E-state index in [9.17, 15) is 0 Å². The fourth-order valence-corrected chi connectivity index (χ4v) is 55.2. The molecule has 1 aliphatic rings. The summed E-state index contributed by atoms with van der Waals surface area (Å²) < 4.78 is 7.69. The Kier molecular flexibility index (Phi) is 13.4. The molecular weight excluding hydrogens is 557 g/mol. The summed E-state index contributed by atoms with van der Waals surface area (Å²) in [6.45, 7) is 8.05. The van der Waals surface area contributed by atoms with Crippen LogP contribution in [0.2, 0.25) is 24.2 Å². The number of hydrogen-bond donors (Lipinski definition) is 0. The highest BCUT2D eigenvalue weighted by atomic mass is 29.6. The summed E-state index contributed by atoms with van der Waals surface area (Å²) in [5.74, 6) is 0. The minimum Gasteiger partial charge on any atom is -0.420 e. The lowest BCUT2D eigenvalue weighted by atomic mass is 10.2. The SMILES string of the molecule is CCCCCC[Si]1(CCCCCC)OCC[Si](c2ccccc2)(c2ccccc2)[Si]1(CCCCCC)c1ccccc1. The van der Waals surface area contributed by atoms with Crippen molar-refractivity contribution in [3.63, 3.8) is 0 Å². The molecule has 4 heteroatoms. The number of rotatable bonds is 18. The first kappa shape index (κ1) is 33.2. The van der Waals surface area contributed by atoms with Gasteiger partial charge in [0.2, 0.25) is 0 Å². The second-order valence-electron chi connectivity index (χ2n) is 12.9. The van der Waals surface area contributed by atoms with Gasteiger partial charge in [0.25, 0.3) is 0 Å². The highest BCUT2D eigenvalue weighted by molar-refractivity contribution is 7.77. The van der Waals surface area contributed by atoms with Crippen molar-refractivity contribution < 1.29 is 4.43 Å². The fourth-order valence-electron chi connectivity index (χ4n) is 8.52. The quantitative estimate of drug-likeness (QED) is 0.102. The Hall–Kier alpha value is -1.73. The van der Waals surface area contributed by atoms with Crippen LogP contribution in [0, 0.1) is 0 Å². The third-order valence-corrected chi connectivity index (χ3v) is 47.2. The van der Waals surface area contributed by atoms with Gasteiger partial charge < -0.3 is 4.43 Å². The number of unbranched alkanes of at least 4 members (excludes halogenated alkanes) is 9. The van der Waals surface area contributed by atoms with Crippen LogP contribution in [0.25, 0.3) is 0 Å². The van der Waals surface area contributed by atoms with E-state index in [-0.39, 0.29) is 0 Å². The Morgan fingerprint density at radius 2 is 0.881 bits per heavy atom. The largest absolute Gasteiger partial charge is 0.420 e. The Morgan fingerprint density at radius 3 is 1.31 bits per heavy atom. The van der Waals surface area contributed by atoms with Gasteiger partial charge in [0.15, 0.2) is 7.83 Å². The van der Waals surface area contributed by atoms with E-state index in [0.29, 0.717) is 0 Å². The molecule has 0 aromatic heterocycles. The molecule has 0 aliphatic carbocycles. The standard InChI is InChI=1S/C38H58OSi3/c1-4-7-10-22-32-40(33-23-11-8-5-2)39-31-35-41(36-25-16-13-17-26-36,37-27-18-14-19-28-37)42(40,34-24-12-9-6-3)38-29-20-15-21-30-38/h13-21,25-30H,4-12,22-24,31-35H2,1-3H3. The lowest BCUT2D eigenvalue weighted by Gasteiger charge is -2.61. The highest BCUT2D eigenvalue weighted by Crippen LogP contribution is 2.46. The van der Waals surface area contributed by atoms with Gasteiger partial charge >= 0.3 is 0 Å². The van der Waals surface area contributed by atoms with Gasteiger partial charge in [-0.15, -0.1) is 0 Å². The fraction of sp³-hybridized carbons (Fsp3) is 0.526. The van der Waals surface area contributed by atoms with E-state index in [1.165, 1.54) is 101 Å². The maximum Gasteiger partial charge on any atom is 0.183 e. The molecule has 1 aliphatic heterocycles. The predicted octanol–water partition coefficient (Wildman–Crippen LogP) is 9.48. The smallest absolute Gasteiger partial charge is 0.183 e. The van der Waals surface area contributed by atoms with Crippen LogP contribution in [0.4, 0.5) is 0 Å². The van der Waals surface area contributed by atoms with Crippen LogP contribution in [-0.4, -0.2) is 29.1 Å². The van der Waals surface area contributed by atoms with Gasteiger partial charge in [0.1, 0.15) is 14.7 Å². The molecule has 1 nitrogen and oxygen atoms in total. The molecule has 0 N–H and O–H groups in total. The highest BCUT2D eigenvalue weighted by Gasteiger charge is 2.70. The average molecular weight is 615 g/mol. The average Bonchev–Trinajstić information content (AvgIpc) is 3.05.